The van der Waals surface area contributed by atoms with Gasteiger partial charge in [0.2, 0.25) is 0 Å². The van der Waals surface area contributed by atoms with E-state index >= 15 is 0 Å². The third kappa shape index (κ3) is 1.33. The molecule has 0 aliphatic heterocycles. The SMILES string of the molecule is Cc1noc(C)c1-n1c(C)nc2c(N)cccc21. The molecule has 1 aromatic carbocycles. The van der Waals surface area contributed by atoms with Crippen LogP contribution >= 0.6 is 0 Å². The summed E-state index contributed by atoms with van der Waals surface area (Å²) in [7, 11) is 0. The second-order valence-corrected chi connectivity index (χ2v) is 4.38. The molecule has 0 spiro atoms. The molecular weight excluding hydrogens is 228 g/mol. The van der Waals surface area contributed by atoms with E-state index in [1.54, 1.807) is 0 Å². The molecule has 2 heterocycles. The first-order valence-electron chi connectivity index (χ1n) is 5.76. The molecule has 0 aliphatic carbocycles. The number of nitrogen functional groups attached to an aromatic ring is 1. The van der Waals surface area contributed by atoms with Crippen LogP contribution in [0.15, 0.2) is 22.7 Å². The summed E-state index contributed by atoms with van der Waals surface area (Å²) in [6.07, 6.45) is 0. The fraction of sp³-hybridized carbons (Fsp3) is 0.231. The maximum atomic E-state index is 5.95. The van der Waals surface area contributed by atoms with Crippen LogP contribution in [0.25, 0.3) is 16.7 Å². The number of para-hydroxylation sites is 1. The molecular formula is C13H14N4O. The number of hydrogen-bond donors (Lipinski definition) is 1. The molecule has 3 aromatic rings. The van der Waals surface area contributed by atoms with Crippen LogP contribution in [0.5, 0.6) is 0 Å². The van der Waals surface area contributed by atoms with Crippen LogP contribution in [0, 0.1) is 20.8 Å². The van der Waals surface area contributed by atoms with E-state index in [4.69, 9.17) is 10.3 Å². The Bertz CT molecular complexity index is 719. The van der Waals surface area contributed by atoms with Crippen LogP contribution in [0.4, 0.5) is 5.69 Å². The van der Waals surface area contributed by atoms with Gasteiger partial charge in [0, 0.05) is 0 Å². The van der Waals surface area contributed by atoms with Crippen LogP contribution in [0.2, 0.25) is 0 Å². The highest BCUT2D eigenvalue weighted by molar-refractivity contribution is 5.89. The molecule has 5 heteroatoms. The molecule has 2 N–H and O–H groups in total. The van der Waals surface area contributed by atoms with Crippen molar-refractivity contribution in [1.29, 1.82) is 0 Å². The summed E-state index contributed by atoms with van der Waals surface area (Å²) >= 11 is 0. The largest absolute Gasteiger partial charge is 0.397 e. The standard InChI is InChI=1S/C13H14N4O/c1-7-13(8(2)18-16-7)17-9(3)15-12-10(14)5-4-6-11(12)17/h4-6H,14H2,1-3H3. The highest BCUT2D eigenvalue weighted by atomic mass is 16.5. The number of benzene rings is 1. The lowest BCUT2D eigenvalue weighted by Gasteiger charge is -2.05. The minimum Gasteiger partial charge on any atom is -0.397 e. The normalized spacial score (nSPS) is 11.3. The molecule has 0 unspecified atom stereocenters. The smallest absolute Gasteiger partial charge is 0.157 e. The number of rotatable bonds is 1. The molecule has 0 radical (unpaired) electrons. The van der Waals surface area contributed by atoms with Crippen molar-refractivity contribution in [3.63, 3.8) is 0 Å². The van der Waals surface area contributed by atoms with E-state index in [9.17, 15) is 0 Å². The number of nitrogens with zero attached hydrogens (tertiary/aromatic N) is 3. The quantitative estimate of drug-likeness (QED) is 0.666. The van der Waals surface area contributed by atoms with Crippen LogP contribution in [-0.2, 0) is 0 Å². The Hall–Kier alpha value is -2.30. The predicted molar refractivity (Wildman–Crippen MR) is 69.8 cm³/mol. The van der Waals surface area contributed by atoms with Crippen molar-refractivity contribution < 1.29 is 4.52 Å². The van der Waals surface area contributed by atoms with Gasteiger partial charge in [-0.15, -0.1) is 0 Å². The van der Waals surface area contributed by atoms with E-state index in [-0.39, 0.29) is 0 Å². The summed E-state index contributed by atoms with van der Waals surface area (Å²) in [6, 6.07) is 5.78. The zero-order chi connectivity index (χ0) is 12.9. The Morgan fingerprint density at radius 3 is 2.67 bits per heavy atom. The first kappa shape index (κ1) is 10.8. The zero-order valence-electron chi connectivity index (χ0n) is 10.6. The van der Waals surface area contributed by atoms with Crippen molar-refractivity contribution in [3.8, 4) is 5.69 Å². The predicted octanol–water partition coefficient (Wildman–Crippen LogP) is 2.52. The van der Waals surface area contributed by atoms with Gasteiger partial charge in [-0.3, -0.25) is 4.57 Å². The van der Waals surface area contributed by atoms with Gasteiger partial charge in [-0.2, -0.15) is 0 Å². The fourth-order valence-corrected chi connectivity index (χ4v) is 2.32. The average molecular weight is 242 g/mol. The van der Waals surface area contributed by atoms with E-state index in [0.29, 0.717) is 5.69 Å². The van der Waals surface area contributed by atoms with Crippen molar-refractivity contribution in [2.75, 3.05) is 5.73 Å². The number of aryl methyl sites for hydroxylation is 3. The number of imidazole rings is 1. The van der Waals surface area contributed by atoms with E-state index in [1.807, 2.05) is 43.5 Å². The summed E-state index contributed by atoms with van der Waals surface area (Å²) in [4.78, 5) is 4.52. The van der Waals surface area contributed by atoms with Crippen molar-refractivity contribution >= 4 is 16.7 Å². The first-order chi connectivity index (χ1) is 8.59. The molecule has 0 bridgehead atoms. The Labute approximate surface area is 104 Å². The Morgan fingerprint density at radius 2 is 2.00 bits per heavy atom. The van der Waals surface area contributed by atoms with Gasteiger partial charge in [-0.1, -0.05) is 11.2 Å². The molecule has 0 amide bonds. The lowest BCUT2D eigenvalue weighted by atomic mass is 10.2. The van der Waals surface area contributed by atoms with Crippen LogP contribution in [-0.4, -0.2) is 14.7 Å². The van der Waals surface area contributed by atoms with Gasteiger partial charge in [0.05, 0.1) is 11.2 Å². The number of aromatic nitrogens is 3. The molecule has 0 saturated carbocycles. The fourth-order valence-electron chi connectivity index (χ4n) is 2.32. The number of hydrogen-bond acceptors (Lipinski definition) is 4. The highest BCUT2D eigenvalue weighted by Gasteiger charge is 2.17. The van der Waals surface area contributed by atoms with E-state index in [2.05, 4.69) is 10.1 Å². The Balaban J connectivity index is 2.43. The summed E-state index contributed by atoms with van der Waals surface area (Å²) in [6.45, 7) is 5.77. The molecule has 3 rings (SSSR count). The summed E-state index contributed by atoms with van der Waals surface area (Å²) < 4.78 is 7.26. The average Bonchev–Trinajstić information content (AvgIpc) is 2.81. The van der Waals surface area contributed by atoms with Gasteiger partial charge < -0.3 is 10.3 Å². The van der Waals surface area contributed by atoms with E-state index in [0.717, 1.165) is 34.0 Å². The second kappa shape index (κ2) is 3.60. The van der Waals surface area contributed by atoms with Crippen molar-refractivity contribution in [3.05, 3.63) is 35.5 Å². The maximum absolute atomic E-state index is 5.95. The van der Waals surface area contributed by atoms with Gasteiger partial charge >= 0.3 is 0 Å². The van der Waals surface area contributed by atoms with Gasteiger partial charge in [0.1, 0.15) is 22.7 Å². The maximum Gasteiger partial charge on any atom is 0.157 e. The van der Waals surface area contributed by atoms with Crippen molar-refractivity contribution in [2.45, 2.75) is 20.8 Å². The number of nitrogens with two attached hydrogens (primary N) is 1. The molecule has 5 nitrogen and oxygen atoms in total. The minimum absolute atomic E-state index is 0.682. The molecule has 2 aromatic heterocycles. The van der Waals surface area contributed by atoms with Crippen molar-refractivity contribution in [1.82, 2.24) is 14.7 Å². The second-order valence-electron chi connectivity index (χ2n) is 4.38. The summed E-state index contributed by atoms with van der Waals surface area (Å²) in [5.74, 6) is 1.65. The van der Waals surface area contributed by atoms with E-state index < -0.39 is 0 Å². The molecule has 0 saturated heterocycles. The molecule has 0 aliphatic rings. The molecule has 0 atom stereocenters. The minimum atomic E-state index is 0.682. The van der Waals surface area contributed by atoms with Crippen LogP contribution in [0.3, 0.4) is 0 Å². The van der Waals surface area contributed by atoms with E-state index in [1.165, 1.54) is 0 Å². The van der Waals surface area contributed by atoms with Gasteiger partial charge in [-0.05, 0) is 32.9 Å². The summed E-state index contributed by atoms with van der Waals surface area (Å²) in [5, 5.41) is 3.99. The van der Waals surface area contributed by atoms with Crippen LogP contribution in [0.1, 0.15) is 17.3 Å². The molecule has 0 fully saturated rings. The van der Waals surface area contributed by atoms with Crippen molar-refractivity contribution in [2.24, 2.45) is 0 Å². The highest BCUT2D eigenvalue weighted by Crippen LogP contribution is 2.28. The molecule has 18 heavy (non-hydrogen) atoms. The molecule has 92 valence electrons. The Kier molecular flexibility index (Phi) is 2.16. The number of fused-ring (bicyclic) bond motifs is 1. The summed E-state index contributed by atoms with van der Waals surface area (Å²) in [5.41, 5.74) is 10.2. The third-order valence-electron chi connectivity index (χ3n) is 3.10. The lowest BCUT2D eigenvalue weighted by Crippen LogP contribution is -1.99. The topological polar surface area (TPSA) is 69.9 Å². The number of anilines is 1. The van der Waals surface area contributed by atoms with Gasteiger partial charge in [0.15, 0.2) is 5.76 Å². The lowest BCUT2D eigenvalue weighted by molar-refractivity contribution is 0.393. The van der Waals surface area contributed by atoms with Gasteiger partial charge in [-0.25, -0.2) is 4.98 Å². The van der Waals surface area contributed by atoms with Crippen LogP contribution < -0.4 is 5.73 Å². The van der Waals surface area contributed by atoms with Gasteiger partial charge in [0.25, 0.3) is 0 Å². The zero-order valence-corrected chi connectivity index (χ0v) is 10.6. The monoisotopic (exact) mass is 242 g/mol. The Morgan fingerprint density at radius 1 is 1.22 bits per heavy atom. The third-order valence-corrected chi connectivity index (χ3v) is 3.10. The first-order valence-corrected chi connectivity index (χ1v) is 5.76.